The molecule has 0 amide bonds. The van der Waals surface area contributed by atoms with Crippen LogP contribution in [0.5, 0.6) is 5.75 Å². The normalized spacial score (nSPS) is 23.0. The number of hydrogen-bond acceptors (Lipinski definition) is 8. The van der Waals surface area contributed by atoms with Crippen molar-refractivity contribution in [2.24, 2.45) is 5.92 Å². The Bertz CT molecular complexity index is 1660. The maximum absolute atomic E-state index is 11.0. The summed E-state index contributed by atoms with van der Waals surface area (Å²) < 4.78 is 43.8. The quantitative estimate of drug-likeness (QED) is 0.0779. The highest BCUT2D eigenvalue weighted by molar-refractivity contribution is 6.99. The van der Waals surface area contributed by atoms with Crippen molar-refractivity contribution >= 4 is 18.7 Å². The van der Waals surface area contributed by atoms with Gasteiger partial charge in [-0.2, -0.15) is 0 Å². The van der Waals surface area contributed by atoms with Crippen molar-refractivity contribution in [3.8, 4) is 17.6 Å². The van der Waals surface area contributed by atoms with Crippen LogP contribution in [0, 0.1) is 17.8 Å². The molecule has 0 saturated carbocycles. The van der Waals surface area contributed by atoms with Crippen molar-refractivity contribution in [3.63, 3.8) is 0 Å². The molecule has 2 saturated heterocycles. The summed E-state index contributed by atoms with van der Waals surface area (Å²) in [4.78, 5) is 0. The van der Waals surface area contributed by atoms with E-state index < -0.39 is 26.0 Å². The summed E-state index contributed by atoms with van der Waals surface area (Å²) in [6.07, 6.45) is 4.20. The molecule has 3 aromatic carbocycles. The molecule has 6 atom stereocenters. The van der Waals surface area contributed by atoms with Crippen LogP contribution < -0.4 is 15.1 Å². The minimum absolute atomic E-state index is 0.0344. The van der Waals surface area contributed by atoms with Crippen molar-refractivity contribution in [1.82, 2.24) is 0 Å². The first kappa shape index (κ1) is 45.0. The van der Waals surface area contributed by atoms with Gasteiger partial charge in [-0.1, -0.05) is 112 Å². The van der Waals surface area contributed by atoms with E-state index in [-0.39, 0.29) is 35.4 Å². The molecule has 2 heterocycles. The Labute approximate surface area is 344 Å². The number of benzene rings is 3. The van der Waals surface area contributed by atoms with Gasteiger partial charge in [0.2, 0.25) is 0 Å². The molecule has 57 heavy (non-hydrogen) atoms. The van der Waals surface area contributed by atoms with Crippen LogP contribution in [-0.4, -0.2) is 75.8 Å². The smallest absolute Gasteiger partial charge is 0.261 e. The topological polar surface area (TPSA) is 84.8 Å². The first-order chi connectivity index (χ1) is 27.1. The average molecular weight is 801 g/mol. The van der Waals surface area contributed by atoms with E-state index in [9.17, 15) is 5.11 Å². The van der Waals surface area contributed by atoms with Gasteiger partial charge in [0.1, 0.15) is 18.0 Å². The third-order valence-corrected chi connectivity index (χ3v) is 16.1. The molecule has 0 aromatic heterocycles. The van der Waals surface area contributed by atoms with Crippen LogP contribution in [0.3, 0.4) is 0 Å². The summed E-state index contributed by atoms with van der Waals surface area (Å²) in [5, 5.41) is 13.4. The second-order valence-electron chi connectivity index (χ2n) is 17.7. The molecule has 0 spiro atoms. The van der Waals surface area contributed by atoms with E-state index in [1.807, 2.05) is 52.0 Å². The summed E-state index contributed by atoms with van der Waals surface area (Å²) in [7, 11) is -1.00. The number of ether oxygens (including phenoxy) is 6. The van der Waals surface area contributed by atoms with Crippen LogP contribution >= 0.6 is 0 Å². The van der Waals surface area contributed by atoms with E-state index in [0.717, 1.165) is 37.0 Å². The maximum atomic E-state index is 11.0. The van der Waals surface area contributed by atoms with Crippen LogP contribution in [0.25, 0.3) is 0 Å². The minimum atomic E-state index is -2.67. The fourth-order valence-corrected chi connectivity index (χ4v) is 12.9. The summed E-state index contributed by atoms with van der Waals surface area (Å²) in [5.41, 5.74) is 1.13. The molecule has 3 aromatic rings. The molecule has 8 nitrogen and oxygen atoms in total. The fourth-order valence-electron chi connectivity index (χ4n) is 8.36. The van der Waals surface area contributed by atoms with Crippen LogP contribution in [0.4, 0.5) is 0 Å². The summed E-state index contributed by atoms with van der Waals surface area (Å²) >= 11 is 0. The van der Waals surface area contributed by atoms with Gasteiger partial charge in [-0.05, 0) is 105 Å². The molecule has 5 rings (SSSR count). The second-order valence-corrected chi connectivity index (χ2v) is 22.0. The molecule has 0 bridgehead atoms. The average Bonchev–Trinajstić information content (AvgIpc) is 3.49. The maximum Gasteiger partial charge on any atom is 0.261 e. The Morgan fingerprint density at radius 2 is 1.42 bits per heavy atom. The van der Waals surface area contributed by atoms with Gasteiger partial charge in [0.05, 0.1) is 32.0 Å². The number of aliphatic hydroxyl groups excluding tert-OH is 1. The molecule has 9 heteroatoms. The molecular formula is C48H68O8Si. The van der Waals surface area contributed by atoms with Crippen molar-refractivity contribution in [2.45, 2.75) is 154 Å². The van der Waals surface area contributed by atoms with E-state index in [0.29, 0.717) is 39.1 Å². The van der Waals surface area contributed by atoms with Crippen molar-refractivity contribution in [2.75, 3.05) is 20.3 Å². The molecule has 2 aliphatic heterocycles. The predicted octanol–water partition coefficient (Wildman–Crippen LogP) is 8.56. The van der Waals surface area contributed by atoms with Crippen LogP contribution in [0.1, 0.15) is 106 Å². The summed E-state index contributed by atoms with van der Waals surface area (Å²) in [5.74, 6) is 5.88. The molecular weight excluding hydrogens is 733 g/mol. The first-order valence-corrected chi connectivity index (χ1v) is 22.9. The molecule has 0 aliphatic carbocycles. The standard InChI is InChI=1S/C48H68O8Si/c1-36(23-26-38(49)27-30-41-34-40(53-47(5,6)54-41)18-16-17-32-51-35-37-24-28-39(50-9)29-25-37)45-44(55-48(7,8)56-45)31-33-52-57(46(2,3)4,42-19-12-10-13-20-42)43-21-14-11-15-22-43/h10-15,19-22,24-25,28-29,36,38,40-41,44-45,49H,16-18,23,26,31-35H2,1-9H3/t36-,38?,40+,41+,44-,45-/m1/s1. The van der Waals surface area contributed by atoms with Gasteiger partial charge < -0.3 is 38.0 Å². The van der Waals surface area contributed by atoms with E-state index in [2.05, 4.69) is 100 Å². The Morgan fingerprint density at radius 1 is 0.789 bits per heavy atom. The second kappa shape index (κ2) is 20.3. The molecule has 0 radical (unpaired) electrons. The number of hydrogen-bond donors (Lipinski definition) is 1. The van der Waals surface area contributed by atoms with E-state index >= 15 is 0 Å². The molecule has 312 valence electrons. The van der Waals surface area contributed by atoms with Crippen molar-refractivity contribution < 1.29 is 38.0 Å². The lowest BCUT2D eigenvalue weighted by Gasteiger charge is -2.43. The van der Waals surface area contributed by atoms with E-state index in [1.54, 1.807) is 7.11 Å². The SMILES string of the molecule is COc1ccc(COCCCC[C@H]2C[C@H](C#CC(O)CC[C@@H](C)[C@H]3OC(C)(C)O[C@@H]3CCO[Si](c3ccccc3)(c3ccccc3)C(C)(C)C)OC(C)(C)O2)cc1. The summed E-state index contributed by atoms with van der Waals surface area (Å²) in [6.45, 7) is 18.8. The van der Waals surface area contributed by atoms with Gasteiger partial charge in [0.15, 0.2) is 11.6 Å². The summed E-state index contributed by atoms with van der Waals surface area (Å²) in [6, 6.07) is 29.4. The monoisotopic (exact) mass is 800 g/mol. The lowest BCUT2D eigenvalue weighted by atomic mass is 9.92. The van der Waals surface area contributed by atoms with E-state index in [4.69, 9.17) is 32.8 Å². The third-order valence-electron chi connectivity index (χ3n) is 11.1. The lowest BCUT2D eigenvalue weighted by Crippen LogP contribution is -2.66. The van der Waals surface area contributed by atoms with Gasteiger partial charge in [-0.3, -0.25) is 0 Å². The Hall–Kier alpha value is -3.04. The lowest BCUT2D eigenvalue weighted by molar-refractivity contribution is -0.289. The highest BCUT2D eigenvalue weighted by atomic mass is 28.4. The largest absolute Gasteiger partial charge is 0.497 e. The van der Waals surface area contributed by atoms with Crippen LogP contribution in [0.2, 0.25) is 5.04 Å². The zero-order valence-electron chi connectivity index (χ0n) is 35.9. The Balaban J connectivity index is 1.11. The highest BCUT2D eigenvalue weighted by Crippen LogP contribution is 2.39. The molecule has 2 fully saturated rings. The van der Waals surface area contributed by atoms with Gasteiger partial charge in [-0.15, -0.1) is 0 Å². The minimum Gasteiger partial charge on any atom is -0.497 e. The predicted molar refractivity (Wildman–Crippen MR) is 229 cm³/mol. The van der Waals surface area contributed by atoms with Crippen LogP contribution in [-0.2, 0) is 34.7 Å². The Kier molecular flexibility index (Phi) is 16.0. The van der Waals surface area contributed by atoms with Gasteiger partial charge in [0.25, 0.3) is 8.32 Å². The molecule has 1 N–H and O–H groups in total. The van der Waals surface area contributed by atoms with Gasteiger partial charge in [0, 0.05) is 19.6 Å². The fraction of sp³-hybridized carbons (Fsp3) is 0.583. The number of methoxy groups -OCH3 is 1. The first-order valence-electron chi connectivity index (χ1n) is 21.0. The van der Waals surface area contributed by atoms with Crippen molar-refractivity contribution in [3.05, 3.63) is 90.5 Å². The molecule has 2 aliphatic rings. The Morgan fingerprint density at radius 3 is 2.04 bits per heavy atom. The number of aliphatic hydroxyl groups is 1. The van der Waals surface area contributed by atoms with Crippen LogP contribution in [0.15, 0.2) is 84.9 Å². The zero-order valence-corrected chi connectivity index (χ0v) is 36.9. The zero-order chi connectivity index (χ0) is 41.1. The van der Waals surface area contributed by atoms with Gasteiger partial charge >= 0.3 is 0 Å². The third kappa shape index (κ3) is 12.7. The molecule has 1 unspecified atom stereocenters. The van der Waals surface area contributed by atoms with E-state index in [1.165, 1.54) is 10.4 Å². The highest BCUT2D eigenvalue weighted by Gasteiger charge is 2.51. The van der Waals surface area contributed by atoms with Crippen molar-refractivity contribution in [1.29, 1.82) is 0 Å². The number of unbranched alkanes of at least 4 members (excludes halogenated alkanes) is 1. The number of rotatable bonds is 18. The van der Waals surface area contributed by atoms with Gasteiger partial charge in [-0.25, -0.2) is 0 Å².